The van der Waals surface area contributed by atoms with Gasteiger partial charge in [0, 0.05) is 6.54 Å². The average molecular weight is 305 g/mol. The summed E-state index contributed by atoms with van der Waals surface area (Å²) in [7, 11) is 0. The van der Waals surface area contributed by atoms with Crippen LogP contribution in [0.1, 0.15) is 36.7 Å². The Hall–Kier alpha value is -0.770. The molecule has 0 fully saturated rings. The normalized spacial score (nSPS) is 13.6. The summed E-state index contributed by atoms with van der Waals surface area (Å²) >= 11 is 6.08. The van der Waals surface area contributed by atoms with Crippen LogP contribution in [-0.2, 0) is 0 Å². The first-order valence-corrected chi connectivity index (χ1v) is 6.46. The number of nitrogens with two attached hydrogens (primary N) is 1. The van der Waals surface area contributed by atoms with Crippen molar-refractivity contribution in [3.8, 4) is 0 Å². The Balaban J connectivity index is 0.00000324. The van der Waals surface area contributed by atoms with E-state index in [2.05, 4.69) is 5.32 Å². The van der Waals surface area contributed by atoms with Gasteiger partial charge in [-0.25, -0.2) is 0 Å². The van der Waals surface area contributed by atoms with Gasteiger partial charge in [-0.15, -0.1) is 12.4 Å². The molecule has 0 spiro atoms. The third-order valence-electron chi connectivity index (χ3n) is 3.47. The minimum Gasteiger partial charge on any atom is -0.345 e. The quantitative estimate of drug-likeness (QED) is 0.897. The molecule has 1 unspecified atom stereocenters. The minimum absolute atomic E-state index is 0. The Labute approximate surface area is 126 Å². The molecule has 0 radical (unpaired) electrons. The van der Waals surface area contributed by atoms with Crippen LogP contribution in [0.2, 0.25) is 5.02 Å². The molecule has 19 heavy (non-hydrogen) atoms. The largest absolute Gasteiger partial charge is 0.345 e. The van der Waals surface area contributed by atoms with Crippen molar-refractivity contribution in [1.82, 2.24) is 5.32 Å². The summed E-state index contributed by atoms with van der Waals surface area (Å²) in [5.74, 6) is 0.0670. The summed E-state index contributed by atoms with van der Waals surface area (Å²) in [5.41, 5.74) is 6.84. The van der Waals surface area contributed by atoms with E-state index in [9.17, 15) is 4.79 Å². The average Bonchev–Trinajstić information content (AvgIpc) is 2.28. The second-order valence-electron chi connectivity index (χ2n) is 5.21. The van der Waals surface area contributed by atoms with Gasteiger partial charge in [0.25, 0.3) is 5.91 Å². The van der Waals surface area contributed by atoms with Crippen molar-refractivity contribution in [3.05, 3.63) is 34.3 Å². The zero-order valence-corrected chi connectivity index (χ0v) is 13.4. The molecule has 0 saturated heterocycles. The molecule has 0 aliphatic rings. The number of aryl methyl sites for hydroxylation is 1. The molecule has 0 aromatic heterocycles. The maximum absolute atomic E-state index is 12.2. The lowest BCUT2D eigenvalue weighted by Crippen LogP contribution is -2.55. The van der Waals surface area contributed by atoms with Crippen molar-refractivity contribution < 1.29 is 4.79 Å². The van der Waals surface area contributed by atoms with Crippen LogP contribution in [0.5, 0.6) is 0 Å². The number of amides is 1. The molecule has 1 atom stereocenters. The van der Waals surface area contributed by atoms with E-state index >= 15 is 0 Å². The maximum atomic E-state index is 12.2. The summed E-state index contributed by atoms with van der Waals surface area (Å²) in [6.45, 7) is 8.33. The van der Waals surface area contributed by atoms with Crippen LogP contribution in [0, 0.1) is 12.8 Å². The van der Waals surface area contributed by atoms with E-state index in [-0.39, 0.29) is 24.2 Å². The molecular weight excluding hydrogens is 283 g/mol. The van der Waals surface area contributed by atoms with Crippen LogP contribution in [0.25, 0.3) is 0 Å². The van der Waals surface area contributed by atoms with Gasteiger partial charge >= 0.3 is 0 Å². The molecule has 3 N–H and O–H groups in total. The highest BCUT2D eigenvalue weighted by atomic mass is 35.5. The van der Waals surface area contributed by atoms with Crippen LogP contribution in [0.4, 0.5) is 0 Å². The predicted molar refractivity (Wildman–Crippen MR) is 83.2 cm³/mol. The smallest absolute Gasteiger partial charge is 0.253 e. The van der Waals surface area contributed by atoms with Crippen LogP contribution in [0.3, 0.4) is 0 Å². The fourth-order valence-electron chi connectivity index (χ4n) is 1.56. The van der Waals surface area contributed by atoms with E-state index in [0.717, 1.165) is 5.56 Å². The lowest BCUT2D eigenvalue weighted by molar-refractivity contribution is 0.0883. The molecule has 1 aromatic rings. The fraction of sp³-hybridized carbons (Fsp3) is 0.500. The second-order valence-corrected chi connectivity index (χ2v) is 5.62. The number of carbonyl (C=O) groups excluding carboxylic acids is 1. The van der Waals surface area contributed by atoms with Crippen molar-refractivity contribution in [2.45, 2.75) is 33.2 Å². The second kappa shape index (κ2) is 7.13. The van der Waals surface area contributed by atoms with Gasteiger partial charge < -0.3 is 11.1 Å². The Morgan fingerprint density at radius 3 is 2.47 bits per heavy atom. The predicted octanol–water partition coefficient (Wildman–Crippen LogP) is 3.17. The first-order valence-electron chi connectivity index (χ1n) is 6.09. The third-order valence-corrected chi connectivity index (χ3v) is 3.78. The first-order chi connectivity index (χ1) is 8.30. The number of hydrogen-bond donors (Lipinski definition) is 2. The monoisotopic (exact) mass is 304 g/mol. The van der Waals surface area contributed by atoms with Gasteiger partial charge in [0.05, 0.1) is 16.1 Å². The van der Waals surface area contributed by atoms with E-state index in [4.69, 9.17) is 17.3 Å². The van der Waals surface area contributed by atoms with E-state index in [1.165, 1.54) is 0 Å². The molecule has 1 rings (SSSR count). The standard InChI is InChI=1S/C14H21ClN2O.ClH/c1-9(2)14(4,8-16)17-13(18)11-6-5-10(3)7-12(11)15;/h5-7,9H,8,16H2,1-4H3,(H,17,18);1H. The highest BCUT2D eigenvalue weighted by Gasteiger charge is 2.29. The first kappa shape index (κ1) is 18.2. The molecule has 0 saturated carbocycles. The van der Waals surface area contributed by atoms with Crippen LogP contribution in [0.15, 0.2) is 18.2 Å². The van der Waals surface area contributed by atoms with Crippen molar-refractivity contribution in [2.24, 2.45) is 11.7 Å². The molecule has 1 amide bonds. The number of hydrogen-bond acceptors (Lipinski definition) is 2. The molecule has 108 valence electrons. The van der Waals surface area contributed by atoms with Crippen LogP contribution < -0.4 is 11.1 Å². The zero-order valence-electron chi connectivity index (χ0n) is 11.8. The Kier molecular flexibility index (Phi) is 6.84. The molecule has 5 heteroatoms. The molecule has 0 heterocycles. The van der Waals surface area contributed by atoms with Crippen molar-refractivity contribution in [1.29, 1.82) is 0 Å². The van der Waals surface area contributed by atoms with E-state index in [0.29, 0.717) is 17.1 Å². The summed E-state index contributed by atoms with van der Waals surface area (Å²) < 4.78 is 0. The summed E-state index contributed by atoms with van der Waals surface area (Å²) in [6, 6.07) is 5.39. The Morgan fingerprint density at radius 2 is 2.05 bits per heavy atom. The van der Waals surface area contributed by atoms with Crippen LogP contribution in [-0.4, -0.2) is 18.0 Å². The number of nitrogens with one attached hydrogen (secondary N) is 1. The topological polar surface area (TPSA) is 55.1 Å². The Bertz CT molecular complexity index is 449. The molecule has 0 aliphatic heterocycles. The van der Waals surface area contributed by atoms with Crippen molar-refractivity contribution in [3.63, 3.8) is 0 Å². The molecule has 1 aromatic carbocycles. The molecule has 0 aliphatic carbocycles. The van der Waals surface area contributed by atoms with E-state index in [1.807, 2.05) is 33.8 Å². The summed E-state index contributed by atoms with van der Waals surface area (Å²) in [5, 5.41) is 3.44. The number of halogens is 2. The van der Waals surface area contributed by atoms with Crippen molar-refractivity contribution in [2.75, 3.05) is 6.54 Å². The SMILES string of the molecule is Cc1ccc(C(=O)NC(C)(CN)C(C)C)c(Cl)c1.Cl. The van der Waals surface area contributed by atoms with Crippen molar-refractivity contribution >= 4 is 29.9 Å². The van der Waals surface area contributed by atoms with Gasteiger partial charge in [-0.3, -0.25) is 4.79 Å². The van der Waals surface area contributed by atoms with Crippen LogP contribution >= 0.6 is 24.0 Å². The van der Waals surface area contributed by atoms with Gasteiger partial charge in [-0.2, -0.15) is 0 Å². The minimum atomic E-state index is -0.425. The fourth-order valence-corrected chi connectivity index (χ4v) is 1.88. The van der Waals surface area contributed by atoms with E-state index < -0.39 is 5.54 Å². The van der Waals surface area contributed by atoms with Gasteiger partial charge in [0.15, 0.2) is 0 Å². The number of benzene rings is 1. The number of rotatable bonds is 4. The maximum Gasteiger partial charge on any atom is 0.253 e. The third kappa shape index (κ3) is 4.37. The lowest BCUT2D eigenvalue weighted by Gasteiger charge is -2.33. The summed E-state index contributed by atoms with van der Waals surface area (Å²) in [4.78, 5) is 12.2. The molecule has 0 bridgehead atoms. The van der Waals surface area contributed by atoms with E-state index in [1.54, 1.807) is 12.1 Å². The lowest BCUT2D eigenvalue weighted by atomic mass is 9.88. The Morgan fingerprint density at radius 1 is 1.47 bits per heavy atom. The number of carbonyl (C=O) groups is 1. The highest BCUT2D eigenvalue weighted by Crippen LogP contribution is 2.20. The molecular formula is C14H22Cl2N2O. The van der Waals surface area contributed by atoms with Gasteiger partial charge in [0.2, 0.25) is 0 Å². The highest BCUT2D eigenvalue weighted by molar-refractivity contribution is 6.33. The van der Waals surface area contributed by atoms with Gasteiger partial charge in [-0.1, -0.05) is 31.5 Å². The summed E-state index contributed by atoms with van der Waals surface area (Å²) in [6.07, 6.45) is 0. The zero-order chi connectivity index (χ0) is 13.9. The molecule has 3 nitrogen and oxygen atoms in total. The van der Waals surface area contributed by atoms with Gasteiger partial charge in [0.1, 0.15) is 0 Å². The van der Waals surface area contributed by atoms with Gasteiger partial charge in [-0.05, 0) is 37.5 Å².